The topological polar surface area (TPSA) is 70.1 Å². The number of aromatic hydroxyl groups is 1. The van der Waals surface area contributed by atoms with Crippen molar-refractivity contribution in [1.82, 2.24) is 9.80 Å². The van der Waals surface area contributed by atoms with E-state index in [1.165, 1.54) is 9.80 Å². The summed E-state index contributed by atoms with van der Waals surface area (Å²) in [5.74, 6) is -0.376. The van der Waals surface area contributed by atoms with Crippen LogP contribution in [0.15, 0.2) is 18.2 Å². The second kappa shape index (κ2) is 7.98. The number of rotatable bonds is 4. The van der Waals surface area contributed by atoms with Gasteiger partial charge >= 0.3 is 0 Å². The minimum absolute atomic E-state index is 0.0448. The normalized spacial score (nSPS) is 20.2. The first-order chi connectivity index (χ1) is 12.8. The van der Waals surface area contributed by atoms with Crippen molar-refractivity contribution in [2.45, 2.75) is 56.6 Å². The third kappa shape index (κ3) is 4.49. The molecule has 0 spiro atoms. The van der Waals surface area contributed by atoms with Crippen LogP contribution in [0.3, 0.4) is 0 Å². The SMILES string of the molecule is CN(C)C(=O)[C@@H]1C[C@H](S)CN1C(=O)c1cccc(O[Si](C)(C)C(C)(C)C)c1O. The Balaban J connectivity index is 2.35. The molecule has 156 valence electrons. The Hall–Kier alpha value is -1.67. The van der Waals surface area contributed by atoms with E-state index in [-0.39, 0.29) is 33.4 Å². The number of amides is 2. The van der Waals surface area contributed by atoms with Crippen molar-refractivity contribution in [2.75, 3.05) is 20.6 Å². The summed E-state index contributed by atoms with van der Waals surface area (Å²) in [6, 6.07) is 4.38. The van der Waals surface area contributed by atoms with E-state index in [1.807, 2.05) is 0 Å². The average Bonchev–Trinajstić information content (AvgIpc) is 2.96. The monoisotopic (exact) mass is 424 g/mol. The number of carbonyl (C=O) groups is 2. The zero-order valence-corrected chi connectivity index (χ0v) is 19.7. The summed E-state index contributed by atoms with van der Waals surface area (Å²) < 4.78 is 6.21. The van der Waals surface area contributed by atoms with Crippen LogP contribution in [0.25, 0.3) is 0 Å². The maximum absolute atomic E-state index is 13.2. The molecule has 0 unspecified atom stereocenters. The summed E-state index contributed by atoms with van der Waals surface area (Å²) in [7, 11) is 1.16. The van der Waals surface area contributed by atoms with Gasteiger partial charge in [0.1, 0.15) is 11.8 Å². The predicted octanol–water partition coefficient (Wildman–Crippen LogP) is 3.38. The van der Waals surface area contributed by atoms with Gasteiger partial charge < -0.3 is 19.3 Å². The molecule has 0 bridgehead atoms. The molecule has 2 rings (SSSR count). The van der Waals surface area contributed by atoms with Crippen LogP contribution in [0.5, 0.6) is 11.5 Å². The van der Waals surface area contributed by atoms with E-state index < -0.39 is 14.4 Å². The average molecular weight is 425 g/mol. The first-order valence-electron chi connectivity index (χ1n) is 9.47. The highest BCUT2D eigenvalue weighted by Crippen LogP contribution is 2.41. The first-order valence-corrected chi connectivity index (χ1v) is 12.9. The summed E-state index contributed by atoms with van der Waals surface area (Å²) in [5.41, 5.74) is 0.148. The molecule has 6 nitrogen and oxygen atoms in total. The van der Waals surface area contributed by atoms with Gasteiger partial charge in [-0.2, -0.15) is 12.6 Å². The van der Waals surface area contributed by atoms with Crippen molar-refractivity contribution >= 4 is 32.8 Å². The van der Waals surface area contributed by atoms with Crippen molar-refractivity contribution in [3.63, 3.8) is 0 Å². The van der Waals surface area contributed by atoms with Gasteiger partial charge in [-0.25, -0.2) is 0 Å². The smallest absolute Gasteiger partial charge is 0.258 e. The van der Waals surface area contributed by atoms with Gasteiger partial charge in [0, 0.05) is 25.9 Å². The zero-order valence-electron chi connectivity index (χ0n) is 17.8. The molecule has 1 aliphatic rings. The first kappa shape index (κ1) is 22.6. The Morgan fingerprint density at radius 3 is 2.43 bits per heavy atom. The van der Waals surface area contributed by atoms with Crippen molar-refractivity contribution in [3.8, 4) is 11.5 Å². The van der Waals surface area contributed by atoms with E-state index in [9.17, 15) is 14.7 Å². The zero-order chi connectivity index (χ0) is 21.4. The van der Waals surface area contributed by atoms with E-state index in [4.69, 9.17) is 4.43 Å². The van der Waals surface area contributed by atoms with Crippen molar-refractivity contribution in [1.29, 1.82) is 0 Å². The molecular weight excluding hydrogens is 392 g/mol. The van der Waals surface area contributed by atoms with Crippen molar-refractivity contribution < 1.29 is 19.1 Å². The summed E-state index contributed by atoms with van der Waals surface area (Å²) in [4.78, 5) is 28.7. The molecule has 28 heavy (non-hydrogen) atoms. The largest absolute Gasteiger partial charge is 0.541 e. The fraction of sp³-hybridized carbons (Fsp3) is 0.600. The number of nitrogens with zero attached hydrogens (tertiary/aromatic N) is 2. The number of thiol groups is 1. The highest BCUT2D eigenvalue weighted by Gasteiger charge is 2.42. The standard InChI is InChI=1S/C20H32N2O4SSi/c1-20(2,3)28(6,7)26-16-10-8-9-14(17(16)23)18(24)22-12-13(27)11-15(22)19(25)21(4)5/h8-10,13,15,23,27H,11-12H2,1-7H3/t13-,15-/m0/s1. The number of phenols is 1. The molecule has 1 aromatic carbocycles. The van der Waals surface area contributed by atoms with Crippen LogP contribution in [0, 0.1) is 0 Å². The van der Waals surface area contributed by atoms with Gasteiger partial charge in [0.25, 0.3) is 14.2 Å². The quantitative estimate of drug-likeness (QED) is 0.574. The molecule has 1 N–H and O–H groups in total. The van der Waals surface area contributed by atoms with Crippen LogP contribution in [0.2, 0.25) is 18.1 Å². The summed E-state index contributed by atoms with van der Waals surface area (Å²) in [5, 5.41) is 10.7. The predicted molar refractivity (Wildman–Crippen MR) is 117 cm³/mol. The summed E-state index contributed by atoms with van der Waals surface area (Å²) in [6.07, 6.45) is 0.493. The molecule has 1 aromatic rings. The van der Waals surface area contributed by atoms with Crippen molar-refractivity contribution in [2.24, 2.45) is 0 Å². The molecule has 0 radical (unpaired) electrons. The molecule has 0 saturated carbocycles. The van der Waals surface area contributed by atoms with Gasteiger partial charge in [0.2, 0.25) is 5.91 Å². The number of carbonyl (C=O) groups excluding carboxylic acids is 2. The maximum Gasteiger partial charge on any atom is 0.258 e. The summed E-state index contributed by atoms with van der Waals surface area (Å²) in [6.45, 7) is 10.9. The van der Waals surface area contributed by atoms with E-state index in [1.54, 1.807) is 32.3 Å². The highest BCUT2D eigenvalue weighted by molar-refractivity contribution is 7.81. The highest BCUT2D eigenvalue weighted by atomic mass is 32.1. The lowest BCUT2D eigenvalue weighted by Crippen LogP contribution is -2.45. The molecule has 2 amide bonds. The number of hydrogen-bond donors (Lipinski definition) is 2. The Labute approximate surface area is 174 Å². The lowest BCUT2D eigenvalue weighted by atomic mass is 10.1. The number of para-hydroxylation sites is 1. The minimum Gasteiger partial charge on any atom is -0.541 e. The van der Waals surface area contributed by atoms with E-state index in [0.29, 0.717) is 18.7 Å². The Morgan fingerprint density at radius 2 is 1.89 bits per heavy atom. The molecular formula is C20H32N2O4SSi. The number of likely N-dealkylation sites (N-methyl/N-ethyl adjacent to an activating group) is 1. The number of phenolic OH excluding ortho intramolecular Hbond substituents is 1. The molecule has 2 atom stereocenters. The number of hydrogen-bond acceptors (Lipinski definition) is 5. The van der Waals surface area contributed by atoms with Crippen LogP contribution in [-0.4, -0.2) is 67.0 Å². The third-order valence-corrected chi connectivity index (χ3v) is 10.4. The second-order valence-electron chi connectivity index (χ2n) is 9.11. The second-order valence-corrected chi connectivity index (χ2v) is 14.6. The Bertz CT molecular complexity index is 761. The van der Waals surface area contributed by atoms with Gasteiger partial charge in [-0.3, -0.25) is 9.59 Å². The lowest BCUT2D eigenvalue weighted by Gasteiger charge is -2.36. The van der Waals surface area contributed by atoms with E-state index in [2.05, 4.69) is 46.5 Å². The minimum atomic E-state index is -2.18. The third-order valence-electron chi connectivity index (χ3n) is 5.67. The molecule has 1 heterocycles. The van der Waals surface area contributed by atoms with Gasteiger partial charge in [0.15, 0.2) is 5.75 Å². The lowest BCUT2D eigenvalue weighted by molar-refractivity contribution is -0.132. The molecule has 1 fully saturated rings. The van der Waals surface area contributed by atoms with Crippen LogP contribution in [0.1, 0.15) is 37.6 Å². The van der Waals surface area contributed by atoms with Gasteiger partial charge in [0.05, 0.1) is 5.56 Å². The van der Waals surface area contributed by atoms with Gasteiger partial charge in [-0.15, -0.1) is 0 Å². The fourth-order valence-corrected chi connectivity index (χ4v) is 4.33. The van der Waals surface area contributed by atoms with Gasteiger partial charge in [-0.05, 0) is 36.7 Å². The van der Waals surface area contributed by atoms with Crippen LogP contribution >= 0.6 is 12.6 Å². The van der Waals surface area contributed by atoms with E-state index >= 15 is 0 Å². The van der Waals surface area contributed by atoms with Crippen molar-refractivity contribution in [3.05, 3.63) is 23.8 Å². The van der Waals surface area contributed by atoms with Crippen LogP contribution < -0.4 is 4.43 Å². The van der Waals surface area contributed by atoms with Crippen LogP contribution in [0.4, 0.5) is 0 Å². The molecule has 1 aliphatic heterocycles. The molecule has 8 heteroatoms. The molecule has 0 aromatic heterocycles. The van der Waals surface area contributed by atoms with E-state index in [0.717, 1.165) is 0 Å². The Kier molecular flexibility index (Phi) is 6.45. The number of benzene rings is 1. The summed E-state index contributed by atoms with van der Waals surface area (Å²) >= 11 is 4.47. The molecule has 1 saturated heterocycles. The number of likely N-dealkylation sites (tertiary alicyclic amines) is 1. The van der Waals surface area contributed by atoms with Crippen LogP contribution in [-0.2, 0) is 4.79 Å². The maximum atomic E-state index is 13.2. The Morgan fingerprint density at radius 1 is 1.29 bits per heavy atom. The molecule has 0 aliphatic carbocycles. The van der Waals surface area contributed by atoms with Gasteiger partial charge in [-0.1, -0.05) is 26.8 Å². The fourth-order valence-electron chi connectivity index (χ4n) is 2.93.